The lowest BCUT2D eigenvalue weighted by Crippen LogP contribution is -2.11. The minimum atomic E-state index is -0.260. The zero-order valence-electron chi connectivity index (χ0n) is 18.5. The number of carbonyl (C=O) groups is 1. The highest BCUT2D eigenvalue weighted by molar-refractivity contribution is 6.04. The van der Waals surface area contributed by atoms with Gasteiger partial charge in [-0.25, -0.2) is 15.0 Å². The van der Waals surface area contributed by atoms with E-state index in [1.807, 2.05) is 59.3 Å². The van der Waals surface area contributed by atoms with Crippen LogP contribution in [0.3, 0.4) is 0 Å². The molecule has 0 aliphatic carbocycles. The first-order valence-corrected chi connectivity index (χ1v) is 10.8. The third-order valence-corrected chi connectivity index (χ3v) is 5.27. The van der Waals surface area contributed by atoms with Crippen molar-refractivity contribution in [3.63, 3.8) is 0 Å². The number of nitrogens with one attached hydrogen (secondary N) is 2. The fourth-order valence-electron chi connectivity index (χ4n) is 3.50. The molecule has 0 bridgehead atoms. The van der Waals surface area contributed by atoms with E-state index < -0.39 is 0 Å². The Kier molecular flexibility index (Phi) is 5.96. The Balaban J connectivity index is 1.29. The lowest BCUT2D eigenvalue weighted by molar-refractivity contribution is 0.102. The maximum Gasteiger partial charge on any atom is 0.255 e. The first kappa shape index (κ1) is 21.6. The van der Waals surface area contributed by atoms with Crippen LogP contribution in [0.1, 0.15) is 15.9 Å². The summed E-state index contributed by atoms with van der Waals surface area (Å²) < 4.78 is 1.93. The summed E-state index contributed by atoms with van der Waals surface area (Å²) in [7, 11) is 0. The maximum absolute atomic E-state index is 12.5. The number of amides is 1. The molecule has 1 amide bonds. The zero-order valence-corrected chi connectivity index (χ0v) is 18.5. The second kappa shape index (κ2) is 9.68. The molecule has 2 heterocycles. The quantitative estimate of drug-likeness (QED) is 0.363. The number of nitrogens with zero attached hydrogens (tertiary/aromatic N) is 5. The summed E-state index contributed by atoms with van der Waals surface area (Å²) >= 11 is 0. The average Bonchev–Trinajstić information content (AvgIpc) is 3.44. The number of rotatable bonds is 6. The van der Waals surface area contributed by atoms with Crippen LogP contribution in [0.25, 0.3) is 16.9 Å². The van der Waals surface area contributed by atoms with Crippen LogP contribution >= 0.6 is 0 Å². The van der Waals surface area contributed by atoms with Gasteiger partial charge in [-0.15, -0.1) is 0 Å². The number of imidazole rings is 1. The molecular weight excluding hydrogens is 438 g/mol. The predicted octanol–water partition coefficient (Wildman–Crippen LogP) is 5.20. The number of aromatic nitrogens is 4. The molecule has 0 saturated carbocycles. The molecule has 0 radical (unpaired) electrons. The molecule has 3 aromatic carbocycles. The highest BCUT2D eigenvalue weighted by Gasteiger charge is 2.08. The molecule has 8 heteroatoms. The van der Waals surface area contributed by atoms with E-state index in [4.69, 9.17) is 5.26 Å². The lowest BCUT2D eigenvalue weighted by Gasteiger charge is -2.10. The van der Waals surface area contributed by atoms with Gasteiger partial charge in [0.1, 0.15) is 0 Å². The Morgan fingerprint density at radius 3 is 2.46 bits per heavy atom. The second-order valence-electron chi connectivity index (χ2n) is 7.63. The van der Waals surface area contributed by atoms with Gasteiger partial charge >= 0.3 is 0 Å². The lowest BCUT2D eigenvalue weighted by atomic mass is 10.1. The summed E-state index contributed by atoms with van der Waals surface area (Å²) in [6.07, 6.45) is 7.08. The summed E-state index contributed by atoms with van der Waals surface area (Å²) in [6.45, 7) is 0. The molecular formula is C27H19N7O. The molecule has 8 nitrogen and oxygen atoms in total. The molecule has 5 rings (SSSR count). The van der Waals surface area contributed by atoms with Crippen LogP contribution < -0.4 is 10.6 Å². The van der Waals surface area contributed by atoms with E-state index in [1.165, 1.54) is 0 Å². The summed E-state index contributed by atoms with van der Waals surface area (Å²) in [5, 5.41) is 15.0. The molecule has 0 spiro atoms. The Morgan fingerprint density at radius 1 is 0.914 bits per heavy atom. The van der Waals surface area contributed by atoms with Crippen LogP contribution in [0, 0.1) is 11.3 Å². The molecule has 0 fully saturated rings. The van der Waals surface area contributed by atoms with Gasteiger partial charge in [-0.1, -0.05) is 18.2 Å². The zero-order chi connectivity index (χ0) is 24.0. The first-order valence-electron chi connectivity index (χ1n) is 10.8. The second-order valence-corrected chi connectivity index (χ2v) is 7.63. The molecule has 168 valence electrons. The third kappa shape index (κ3) is 5.05. The Bertz CT molecular complexity index is 1500. The third-order valence-electron chi connectivity index (χ3n) is 5.27. The van der Waals surface area contributed by atoms with E-state index >= 15 is 0 Å². The van der Waals surface area contributed by atoms with Gasteiger partial charge in [0, 0.05) is 46.8 Å². The number of benzene rings is 3. The van der Waals surface area contributed by atoms with Crippen molar-refractivity contribution in [2.24, 2.45) is 0 Å². The number of carbonyl (C=O) groups excluding carboxylic acids is 1. The summed E-state index contributed by atoms with van der Waals surface area (Å²) in [5.74, 6) is 0.181. The van der Waals surface area contributed by atoms with Crippen LogP contribution in [-0.4, -0.2) is 25.4 Å². The van der Waals surface area contributed by atoms with Gasteiger partial charge in [-0.3, -0.25) is 4.79 Å². The van der Waals surface area contributed by atoms with Crippen LogP contribution in [0.4, 0.5) is 17.3 Å². The summed E-state index contributed by atoms with van der Waals surface area (Å²) in [6, 6.07) is 25.7. The monoisotopic (exact) mass is 457 g/mol. The molecule has 0 atom stereocenters. The highest BCUT2D eigenvalue weighted by Crippen LogP contribution is 2.23. The minimum Gasteiger partial charge on any atom is -0.324 e. The van der Waals surface area contributed by atoms with Crippen LogP contribution in [-0.2, 0) is 0 Å². The number of anilines is 3. The Labute approximate surface area is 201 Å². The summed E-state index contributed by atoms with van der Waals surface area (Å²) in [5.41, 5.74) is 5.08. The molecule has 2 N–H and O–H groups in total. The smallest absolute Gasteiger partial charge is 0.255 e. The number of hydrogen-bond acceptors (Lipinski definition) is 6. The SMILES string of the molecule is N#Cc1ccc(C(=O)Nc2cccc(Nc3nccc(-c4ccc(-n5ccnc5)cc4)n3)c2)cc1. The molecule has 0 saturated heterocycles. The van der Waals surface area contributed by atoms with Crippen LogP contribution in [0.15, 0.2) is 104 Å². The van der Waals surface area contributed by atoms with Gasteiger partial charge in [0.25, 0.3) is 5.91 Å². The molecule has 2 aromatic heterocycles. The Hall–Kier alpha value is -5.29. The van der Waals surface area contributed by atoms with E-state index in [9.17, 15) is 4.79 Å². The van der Waals surface area contributed by atoms with E-state index in [0.717, 1.165) is 22.6 Å². The molecule has 0 aliphatic heterocycles. The van der Waals surface area contributed by atoms with E-state index in [2.05, 4.69) is 25.6 Å². The maximum atomic E-state index is 12.5. The average molecular weight is 457 g/mol. The van der Waals surface area contributed by atoms with Crippen molar-refractivity contribution in [3.8, 4) is 23.0 Å². The standard InChI is InChI=1S/C27H19N7O/c28-17-19-4-6-21(7-5-19)26(35)31-22-2-1-3-23(16-22)32-27-30-13-12-25(33-27)20-8-10-24(11-9-20)34-15-14-29-18-34/h1-16,18H,(H,31,35)(H,30,32,33). The fraction of sp³-hybridized carbons (Fsp3) is 0. The van der Waals surface area contributed by atoms with Crippen molar-refractivity contribution in [1.29, 1.82) is 5.26 Å². The van der Waals surface area contributed by atoms with Crippen molar-refractivity contribution in [2.45, 2.75) is 0 Å². The molecule has 0 aliphatic rings. The van der Waals surface area contributed by atoms with Crippen molar-refractivity contribution in [2.75, 3.05) is 10.6 Å². The van der Waals surface area contributed by atoms with E-state index in [0.29, 0.717) is 22.8 Å². The number of hydrogen-bond donors (Lipinski definition) is 2. The first-order chi connectivity index (χ1) is 17.2. The van der Waals surface area contributed by atoms with Crippen molar-refractivity contribution < 1.29 is 4.79 Å². The molecule has 35 heavy (non-hydrogen) atoms. The van der Waals surface area contributed by atoms with Crippen LogP contribution in [0.2, 0.25) is 0 Å². The Morgan fingerprint density at radius 2 is 1.71 bits per heavy atom. The van der Waals surface area contributed by atoms with Crippen LogP contribution in [0.5, 0.6) is 0 Å². The van der Waals surface area contributed by atoms with Gasteiger partial charge < -0.3 is 15.2 Å². The number of nitriles is 1. The van der Waals surface area contributed by atoms with Crippen molar-refractivity contribution >= 4 is 23.2 Å². The highest BCUT2D eigenvalue weighted by atomic mass is 16.1. The van der Waals surface area contributed by atoms with Gasteiger partial charge in [0.05, 0.1) is 23.7 Å². The van der Waals surface area contributed by atoms with E-state index in [1.54, 1.807) is 55.1 Å². The van der Waals surface area contributed by atoms with Gasteiger partial charge in [0.15, 0.2) is 0 Å². The van der Waals surface area contributed by atoms with Gasteiger partial charge in [0.2, 0.25) is 5.95 Å². The van der Waals surface area contributed by atoms with Gasteiger partial charge in [-0.2, -0.15) is 5.26 Å². The molecule has 5 aromatic rings. The topological polar surface area (TPSA) is 109 Å². The normalized spacial score (nSPS) is 10.4. The van der Waals surface area contributed by atoms with Gasteiger partial charge in [-0.05, 0) is 60.7 Å². The summed E-state index contributed by atoms with van der Waals surface area (Å²) in [4.78, 5) is 25.6. The minimum absolute atomic E-state index is 0.260. The van der Waals surface area contributed by atoms with Crippen molar-refractivity contribution in [3.05, 3.63) is 115 Å². The molecule has 0 unspecified atom stereocenters. The predicted molar refractivity (Wildman–Crippen MR) is 133 cm³/mol. The van der Waals surface area contributed by atoms with E-state index in [-0.39, 0.29) is 5.91 Å². The fourth-order valence-corrected chi connectivity index (χ4v) is 3.50. The van der Waals surface area contributed by atoms with Crippen molar-refractivity contribution in [1.82, 2.24) is 19.5 Å². The largest absolute Gasteiger partial charge is 0.324 e.